The molecule has 3 nitrogen and oxygen atoms in total. The van der Waals surface area contributed by atoms with Gasteiger partial charge in [-0.3, -0.25) is 0 Å². The summed E-state index contributed by atoms with van der Waals surface area (Å²) in [5.74, 6) is 1.64. The van der Waals surface area contributed by atoms with E-state index in [0.29, 0.717) is 18.2 Å². The minimum Gasteiger partial charge on any atom is -0.497 e. The van der Waals surface area contributed by atoms with E-state index in [2.05, 4.69) is 21.2 Å². The predicted molar refractivity (Wildman–Crippen MR) is 86.1 cm³/mol. The lowest BCUT2D eigenvalue weighted by Gasteiger charge is -2.11. The standard InChI is InChI=1S/C15H15BrClNO2/c1-19-11-5-7-12(8-6-11)20-10-9-18-14-4-2-3-13(17)15(14)16/h2-8,18H,9-10H2,1H3. The number of methoxy groups -OCH3 is 1. The first-order valence-electron chi connectivity index (χ1n) is 6.15. The molecule has 1 N–H and O–H groups in total. The molecule has 0 spiro atoms. The van der Waals surface area contributed by atoms with Crippen molar-refractivity contribution in [1.29, 1.82) is 0 Å². The van der Waals surface area contributed by atoms with Crippen LogP contribution in [0.4, 0.5) is 5.69 Å². The van der Waals surface area contributed by atoms with Gasteiger partial charge in [-0.05, 0) is 52.3 Å². The van der Waals surface area contributed by atoms with Crippen molar-refractivity contribution in [2.45, 2.75) is 0 Å². The average molecular weight is 357 g/mol. The van der Waals surface area contributed by atoms with Crippen LogP contribution < -0.4 is 14.8 Å². The molecule has 5 heteroatoms. The molecule has 2 aromatic rings. The fraction of sp³-hybridized carbons (Fsp3) is 0.200. The van der Waals surface area contributed by atoms with Gasteiger partial charge in [0.2, 0.25) is 0 Å². The highest BCUT2D eigenvalue weighted by Gasteiger charge is 2.02. The summed E-state index contributed by atoms with van der Waals surface area (Å²) in [6.45, 7) is 1.25. The number of anilines is 1. The van der Waals surface area contributed by atoms with Crippen molar-refractivity contribution in [2.75, 3.05) is 25.6 Å². The molecule has 0 heterocycles. The fourth-order valence-corrected chi connectivity index (χ4v) is 2.25. The lowest BCUT2D eigenvalue weighted by atomic mass is 10.3. The van der Waals surface area contributed by atoms with Gasteiger partial charge < -0.3 is 14.8 Å². The summed E-state index contributed by atoms with van der Waals surface area (Å²) in [5.41, 5.74) is 0.954. The van der Waals surface area contributed by atoms with Crippen molar-refractivity contribution in [1.82, 2.24) is 0 Å². The highest BCUT2D eigenvalue weighted by molar-refractivity contribution is 9.10. The van der Waals surface area contributed by atoms with Crippen LogP contribution in [0.3, 0.4) is 0 Å². The summed E-state index contributed by atoms with van der Waals surface area (Å²) in [6.07, 6.45) is 0. The van der Waals surface area contributed by atoms with E-state index in [1.165, 1.54) is 0 Å². The van der Waals surface area contributed by atoms with E-state index in [0.717, 1.165) is 21.7 Å². The Bertz CT molecular complexity index is 560. The zero-order valence-electron chi connectivity index (χ0n) is 11.0. The van der Waals surface area contributed by atoms with Gasteiger partial charge in [0.15, 0.2) is 0 Å². The van der Waals surface area contributed by atoms with Gasteiger partial charge in [0.05, 0.1) is 22.3 Å². The quantitative estimate of drug-likeness (QED) is 0.767. The van der Waals surface area contributed by atoms with E-state index in [1.54, 1.807) is 7.11 Å². The third-order valence-electron chi connectivity index (χ3n) is 2.70. The fourth-order valence-electron chi connectivity index (χ4n) is 1.67. The second-order valence-corrected chi connectivity index (χ2v) is 5.25. The number of rotatable bonds is 6. The molecule has 0 bridgehead atoms. The van der Waals surface area contributed by atoms with Gasteiger partial charge in [0, 0.05) is 6.54 Å². The van der Waals surface area contributed by atoms with E-state index in [1.807, 2.05) is 42.5 Å². The third kappa shape index (κ3) is 4.05. The van der Waals surface area contributed by atoms with E-state index in [4.69, 9.17) is 21.1 Å². The van der Waals surface area contributed by atoms with Crippen molar-refractivity contribution in [3.05, 3.63) is 52.0 Å². The molecule has 0 saturated heterocycles. The highest BCUT2D eigenvalue weighted by atomic mass is 79.9. The van der Waals surface area contributed by atoms with Crippen LogP contribution >= 0.6 is 27.5 Å². The normalized spacial score (nSPS) is 10.2. The molecule has 0 radical (unpaired) electrons. The summed E-state index contributed by atoms with van der Waals surface area (Å²) < 4.78 is 11.6. The number of hydrogen-bond donors (Lipinski definition) is 1. The minimum absolute atomic E-state index is 0.561. The molecule has 106 valence electrons. The molecule has 0 atom stereocenters. The SMILES string of the molecule is COc1ccc(OCCNc2cccc(Cl)c2Br)cc1. The summed E-state index contributed by atoms with van der Waals surface area (Å²) in [7, 11) is 1.64. The van der Waals surface area contributed by atoms with Crippen molar-refractivity contribution in [2.24, 2.45) is 0 Å². The van der Waals surface area contributed by atoms with Gasteiger partial charge in [0.1, 0.15) is 18.1 Å². The summed E-state index contributed by atoms with van der Waals surface area (Å²) in [4.78, 5) is 0. The lowest BCUT2D eigenvalue weighted by Crippen LogP contribution is -2.11. The van der Waals surface area contributed by atoms with Crippen LogP contribution in [0, 0.1) is 0 Å². The first-order valence-corrected chi connectivity index (χ1v) is 7.32. The molecule has 0 aliphatic carbocycles. The Hall–Kier alpha value is -1.39. The molecule has 2 aromatic carbocycles. The zero-order chi connectivity index (χ0) is 14.4. The Morgan fingerprint density at radius 2 is 1.80 bits per heavy atom. The summed E-state index contributed by atoms with van der Waals surface area (Å²) >= 11 is 9.47. The van der Waals surface area contributed by atoms with Gasteiger partial charge in [-0.25, -0.2) is 0 Å². The third-order valence-corrected chi connectivity index (χ3v) is 4.09. The summed E-state index contributed by atoms with van der Waals surface area (Å²) in [6, 6.07) is 13.2. The lowest BCUT2D eigenvalue weighted by molar-refractivity contribution is 0.331. The number of benzene rings is 2. The second-order valence-electron chi connectivity index (χ2n) is 4.05. The molecule has 20 heavy (non-hydrogen) atoms. The van der Waals surface area contributed by atoms with Crippen LogP contribution in [-0.4, -0.2) is 20.3 Å². The van der Waals surface area contributed by atoms with Crippen LogP contribution in [0.15, 0.2) is 46.9 Å². The maximum atomic E-state index is 6.02. The predicted octanol–water partition coefficient (Wildman–Crippen LogP) is 4.60. The second kappa shape index (κ2) is 7.41. The Labute approximate surface area is 132 Å². The van der Waals surface area contributed by atoms with Crippen LogP contribution in [0.2, 0.25) is 5.02 Å². The smallest absolute Gasteiger partial charge is 0.119 e. The van der Waals surface area contributed by atoms with Gasteiger partial charge in [-0.2, -0.15) is 0 Å². The molecule has 2 rings (SSSR count). The first kappa shape index (κ1) is 15.0. The maximum absolute atomic E-state index is 6.02. The number of ether oxygens (including phenoxy) is 2. The maximum Gasteiger partial charge on any atom is 0.119 e. The van der Waals surface area contributed by atoms with E-state index < -0.39 is 0 Å². The monoisotopic (exact) mass is 355 g/mol. The van der Waals surface area contributed by atoms with Crippen molar-refractivity contribution >= 4 is 33.2 Å². The van der Waals surface area contributed by atoms with Gasteiger partial charge in [-0.1, -0.05) is 17.7 Å². The Balaban J connectivity index is 1.80. The molecule has 0 aliphatic rings. The molecular weight excluding hydrogens is 342 g/mol. The van der Waals surface area contributed by atoms with Crippen LogP contribution in [0.25, 0.3) is 0 Å². The van der Waals surface area contributed by atoms with E-state index in [-0.39, 0.29) is 0 Å². The van der Waals surface area contributed by atoms with Gasteiger partial charge >= 0.3 is 0 Å². The van der Waals surface area contributed by atoms with Crippen molar-refractivity contribution in [3.8, 4) is 11.5 Å². The molecule has 0 fully saturated rings. The number of halogens is 2. The van der Waals surface area contributed by atoms with Gasteiger partial charge in [-0.15, -0.1) is 0 Å². The van der Waals surface area contributed by atoms with Crippen LogP contribution in [-0.2, 0) is 0 Å². The minimum atomic E-state index is 0.561. The molecule has 0 unspecified atom stereocenters. The Morgan fingerprint density at radius 3 is 2.50 bits per heavy atom. The van der Waals surface area contributed by atoms with Gasteiger partial charge in [0.25, 0.3) is 0 Å². The first-order chi connectivity index (χ1) is 9.70. The van der Waals surface area contributed by atoms with E-state index >= 15 is 0 Å². The Morgan fingerprint density at radius 1 is 1.10 bits per heavy atom. The topological polar surface area (TPSA) is 30.5 Å². The largest absolute Gasteiger partial charge is 0.497 e. The molecule has 0 aromatic heterocycles. The van der Waals surface area contributed by atoms with Crippen LogP contribution in [0.1, 0.15) is 0 Å². The van der Waals surface area contributed by atoms with Crippen molar-refractivity contribution in [3.63, 3.8) is 0 Å². The molecule has 0 aliphatic heterocycles. The highest BCUT2D eigenvalue weighted by Crippen LogP contribution is 2.29. The van der Waals surface area contributed by atoms with Crippen LogP contribution in [0.5, 0.6) is 11.5 Å². The Kier molecular flexibility index (Phi) is 5.56. The zero-order valence-corrected chi connectivity index (χ0v) is 13.4. The number of hydrogen-bond acceptors (Lipinski definition) is 3. The molecular formula is C15H15BrClNO2. The average Bonchev–Trinajstić information content (AvgIpc) is 2.48. The van der Waals surface area contributed by atoms with Crippen molar-refractivity contribution < 1.29 is 9.47 Å². The molecule has 0 amide bonds. The van der Waals surface area contributed by atoms with E-state index in [9.17, 15) is 0 Å². The summed E-state index contributed by atoms with van der Waals surface area (Å²) in [5, 5.41) is 3.95. The molecule has 0 saturated carbocycles. The number of nitrogens with one attached hydrogen (secondary N) is 1.